The van der Waals surface area contributed by atoms with Crippen LogP contribution in [0.2, 0.25) is 0 Å². The molecule has 1 amide bonds. The molecule has 9 heteroatoms. The molecule has 0 saturated heterocycles. The molecule has 0 aromatic carbocycles. The SMILES string of the molecule is Cc1noc(C)c1NC(=O)c1ccc(OCC(F)(F)F)nc1. The zero-order valence-corrected chi connectivity index (χ0v) is 11.7. The van der Waals surface area contributed by atoms with Gasteiger partial charge in [-0.05, 0) is 19.9 Å². The first-order valence-electron chi connectivity index (χ1n) is 6.16. The summed E-state index contributed by atoms with van der Waals surface area (Å²) >= 11 is 0. The molecule has 2 aromatic rings. The van der Waals surface area contributed by atoms with Crippen molar-refractivity contribution in [1.29, 1.82) is 0 Å². The predicted octanol–water partition coefficient (Wildman–Crippen LogP) is 2.88. The fourth-order valence-corrected chi connectivity index (χ4v) is 1.60. The lowest BCUT2D eigenvalue weighted by molar-refractivity contribution is -0.154. The van der Waals surface area contributed by atoms with E-state index in [2.05, 4.69) is 20.2 Å². The van der Waals surface area contributed by atoms with Crippen molar-refractivity contribution in [3.63, 3.8) is 0 Å². The number of carbonyl (C=O) groups is 1. The van der Waals surface area contributed by atoms with E-state index in [0.29, 0.717) is 17.1 Å². The van der Waals surface area contributed by atoms with Crippen molar-refractivity contribution in [2.45, 2.75) is 20.0 Å². The van der Waals surface area contributed by atoms with Crippen molar-refractivity contribution in [2.24, 2.45) is 0 Å². The van der Waals surface area contributed by atoms with Crippen LogP contribution in [0.15, 0.2) is 22.9 Å². The molecule has 0 aliphatic carbocycles. The Morgan fingerprint density at radius 3 is 2.59 bits per heavy atom. The fraction of sp³-hybridized carbons (Fsp3) is 0.308. The molecule has 1 N–H and O–H groups in total. The second-order valence-electron chi connectivity index (χ2n) is 4.44. The average Bonchev–Trinajstić information content (AvgIpc) is 2.77. The molecule has 0 spiro atoms. The van der Waals surface area contributed by atoms with Crippen LogP contribution in [0.4, 0.5) is 18.9 Å². The summed E-state index contributed by atoms with van der Waals surface area (Å²) in [6.07, 6.45) is -3.32. The maximum atomic E-state index is 12.0. The third-order valence-corrected chi connectivity index (χ3v) is 2.65. The highest BCUT2D eigenvalue weighted by atomic mass is 19.4. The molecular formula is C13H12F3N3O3. The molecular weight excluding hydrogens is 303 g/mol. The topological polar surface area (TPSA) is 77.2 Å². The summed E-state index contributed by atoms with van der Waals surface area (Å²) in [6, 6.07) is 2.50. The lowest BCUT2D eigenvalue weighted by atomic mass is 10.2. The first-order valence-corrected chi connectivity index (χ1v) is 6.16. The van der Waals surface area contributed by atoms with Gasteiger partial charge in [0.05, 0.1) is 5.56 Å². The number of anilines is 1. The highest BCUT2D eigenvalue weighted by Gasteiger charge is 2.28. The largest absolute Gasteiger partial charge is 0.468 e. The number of carbonyl (C=O) groups excluding carboxylic acids is 1. The van der Waals surface area contributed by atoms with Gasteiger partial charge in [0, 0.05) is 12.3 Å². The Morgan fingerprint density at radius 2 is 2.09 bits per heavy atom. The molecule has 0 fully saturated rings. The summed E-state index contributed by atoms with van der Waals surface area (Å²) in [7, 11) is 0. The summed E-state index contributed by atoms with van der Waals surface area (Å²) in [5.41, 5.74) is 1.13. The van der Waals surface area contributed by atoms with Crippen LogP contribution in [0, 0.1) is 13.8 Å². The maximum Gasteiger partial charge on any atom is 0.422 e. The van der Waals surface area contributed by atoms with E-state index in [-0.39, 0.29) is 11.4 Å². The third-order valence-electron chi connectivity index (χ3n) is 2.65. The van der Waals surface area contributed by atoms with E-state index in [9.17, 15) is 18.0 Å². The van der Waals surface area contributed by atoms with Crippen LogP contribution in [0.1, 0.15) is 21.8 Å². The van der Waals surface area contributed by atoms with Crippen molar-refractivity contribution < 1.29 is 27.2 Å². The number of aromatic nitrogens is 2. The number of hydrogen-bond acceptors (Lipinski definition) is 5. The summed E-state index contributed by atoms with van der Waals surface area (Å²) < 4.78 is 45.4. The van der Waals surface area contributed by atoms with Gasteiger partial charge in [0.25, 0.3) is 5.91 Å². The van der Waals surface area contributed by atoms with Crippen LogP contribution in [-0.4, -0.2) is 28.8 Å². The van der Waals surface area contributed by atoms with Crippen LogP contribution in [-0.2, 0) is 0 Å². The van der Waals surface area contributed by atoms with Crippen LogP contribution < -0.4 is 10.1 Å². The molecule has 0 saturated carbocycles. The van der Waals surface area contributed by atoms with Gasteiger partial charge in [0.15, 0.2) is 12.4 Å². The van der Waals surface area contributed by atoms with Crippen molar-refractivity contribution in [3.8, 4) is 5.88 Å². The van der Waals surface area contributed by atoms with Gasteiger partial charge in [0.2, 0.25) is 5.88 Å². The molecule has 22 heavy (non-hydrogen) atoms. The van der Waals surface area contributed by atoms with Gasteiger partial charge >= 0.3 is 6.18 Å². The minimum atomic E-state index is -4.44. The Hall–Kier alpha value is -2.58. The van der Waals surface area contributed by atoms with Crippen molar-refractivity contribution >= 4 is 11.6 Å². The molecule has 6 nitrogen and oxygen atoms in total. The number of nitrogens with zero attached hydrogens (tertiary/aromatic N) is 2. The monoisotopic (exact) mass is 315 g/mol. The number of alkyl halides is 3. The van der Waals surface area contributed by atoms with Gasteiger partial charge in [0.1, 0.15) is 11.4 Å². The predicted molar refractivity (Wildman–Crippen MR) is 69.7 cm³/mol. The fourth-order valence-electron chi connectivity index (χ4n) is 1.60. The lowest BCUT2D eigenvalue weighted by Gasteiger charge is -2.08. The van der Waals surface area contributed by atoms with E-state index >= 15 is 0 Å². The number of hydrogen-bond donors (Lipinski definition) is 1. The summed E-state index contributed by atoms with van der Waals surface area (Å²) in [6.45, 7) is 1.87. The Balaban J connectivity index is 2.02. The van der Waals surface area contributed by atoms with Gasteiger partial charge in [-0.15, -0.1) is 0 Å². The smallest absolute Gasteiger partial charge is 0.422 e. The zero-order chi connectivity index (χ0) is 16.3. The molecule has 0 unspecified atom stereocenters. The molecule has 0 bridgehead atoms. The lowest BCUT2D eigenvalue weighted by Crippen LogP contribution is -2.19. The van der Waals surface area contributed by atoms with Gasteiger partial charge in [-0.1, -0.05) is 5.16 Å². The number of halogens is 3. The molecule has 2 heterocycles. The standard InChI is InChI=1S/C13H12F3N3O3/c1-7-11(8(2)22-19-7)18-12(20)9-3-4-10(17-5-9)21-6-13(14,15)16/h3-5H,6H2,1-2H3,(H,18,20). The normalized spacial score (nSPS) is 11.3. The van der Waals surface area contributed by atoms with Gasteiger partial charge < -0.3 is 14.6 Å². The number of aryl methyl sites for hydroxylation is 2. The number of nitrogens with one attached hydrogen (secondary N) is 1. The van der Waals surface area contributed by atoms with Crippen molar-refractivity contribution in [2.75, 3.05) is 11.9 Å². The van der Waals surface area contributed by atoms with Gasteiger partial charge in [-0.2, -0.15) is 13.2 Å². The van der Waals surface area contributed by atoms with E-state index < -0.39 is 18.7 Å². The number of pyridine rings is 1. The Labute approximate surface area is 123 Å². The summed E-state index contributed by atoms with van der Waals surface area (Å²) in [4.78, 5) is 15.7. The number of ether oxygens (including phenoxy) is 1. The van der Waals surface area contributed by atoms with Crippen molar-refractivity contribution in [3.05, 3.63) is 35.3 Å². The molecule has 0 atom stereocenters. The third kappa shape index (κ3) is 3.96. The summed E-state index contributed by atoms with van der Waals surface area (Å²) in [5, 5.41) is 6.29. The van der Waals surface area contributed by atoms with Crippen LogP contribution in [0.5, 0.6) is 5.88 Å². The number of rotatable bonds is 4. The molecule has 118 valence electrons. The van der Waals surface area contributed by atoms with Crippen molar-refractivity contribution in [1.82, 2.24) is 10.1 Å². The van der Waals surface area contributed by atoms with Gasteiger partial charge in [-0.25, -0.2) is 4.98 Å². The molecule has 0 radical (unpaired) electrons. The maximum absolute atomic E-state index is 12.0. The van der Waals surface area contributed by atoms with Crippen LogP contribution in [0.3, 0.4) is 0 Å². The minimum Gasteiger partial charge on any atom is -0.468 e. The quantitative estimate of drug-likeness (QED) is 0.938. The van der Waals surface area contributed by atoms with Crippen LogP contribution in [0.25, 0.3) is 0 Å². The zero-order valence-electron chi connectivity index (χ0n) is 11.7. The first kappa shape index (κ1) is 15.8. The highest BCUT2D eigenvalue weighted by molar-refractivity contribution is 6.04. The Bertz CT molecular complexity index is 646. The van der Waals surface area contributed by atoms with E-state index in [0.717, 1.165) is 6.20 Å². The Kier molecular flexibility index (Phi) is 4.34. The molecule has 2 rings (SSSR count). The molecule has 0 aliphatic heterocycles. The van der Waals surface area contributed by atoms with Gasteiger partial charge in [-0.3, -0.25) is 4.79 Å². The first-order chi connectivity index (χ1) is 10.3. The number of amides is 1. The van der Waals surface area contributed by atoms with E-state index in [1.165, 1.54) is 12.1 Å². The van der Waals surface area contributed by atoms with E-state index in [1.54, 1.807) is 13.8 Å². The highest BCUT2D eigenvalue weighted by Crippen LogP contribution is 2.20. The second kappa shape index (κ2) is 6.04. The molecule has 2 aromatic heterocycles. The molecule has 0 aliphatic rings. The average molecular weight is 315 g/mol. The summed E-state index contributed by atoms with van der Waals surface area (Å²) in [5.74, 6) is -0.251. The Morgan fingerprint density at radius 1 is 1.36 bits per heavy atom. The van der Waals surface area contributed by atoms with Crippen LogP contribution >= 0.6 is 0 Å². The minimum absolute atomic E-state index is 0.166. The van der Waals surface area contributed by atoms with E-state index in [4.69, 9.17) is 4.52 Å². The van der Waals surface area contributed by atoms with E-state index in [1.807, 2.05) is 0 Å². The second-order valence-corrected chi connectivity index (χ2v) is 4.44.